The molecule has 2 fully saturated rings. The molecule has 9 N–H and O–H groups in total. The van der Waals surface area contributed by atoms with Gasteiger partial charge < -0.3 is 46.5 Å². The van der Waals surface area contributed by atoms with Gasteiger partial charge in [0.1, 0.15) is 43.3 Å². The molecule has 2 aliphatic rings. The Hall–Kier alpha value is -3.06. The number of nitrogens with two attached hydrogens (primary N) is 2. The summed E-state index contributed by atoms with van der Waals surface area (Å²) in [5.74, 6) is -0.309. The number of aromatic nitrogens is 6. The van der Waals surface area contributed by atoms with Crippen molar-refractivity contribution in [1.82, 2.24) is 29.1 Å². The average molecular weight is 472 g/mol. The molecule has 4 rings (SSSR count). The molecular weight excluding hydrogens is 448 g/mol. The molecular formula is C16H24N8O9. The van der Waals surface area contributed by atoms with E-state index in [2.05, 4.69) is 19.9 Å². The quantitative estimate of drug-likeness (QED) is 0.219. The first-order valence-corrected chi connectivity index (χ1v) is 9.64. The Morgan fingerprint density at radius 2 is 1.42 bits per heavy atom. The summed E-state index contributed by atoms with van der Waals surface area (Å²) < 4.78 is 12.4. The van der Waals surface area contributed by atoms with Crippen molar-refractivity contribution in [3.63, 3.8) is 0 Å². The van der Waals surface area contributed by atoms with Gasteiger partial charge in [0.15, 0.2) is 6.23 Å². The molecule has 7 atom stereocenters. The number of aliphatic hydroxyl groups is 5. The van der Waals surface area contributed by atoms with Crippen LogP contribution in [0.4, 0.5) is 11.9 Å². The van der Waals surface area contributed by atoms with Crippen LogP contribution >= 0.6 is 0 Å². The molecule has 2 saturated heterocycles. The second kappa shape index (κ2) is 10.3. The molecule has 0 radical (unpaired) electrons. The van der Waals surface area contributed by atoms with Gasteiger partial charge in [-0.3, -0.25) is 9.13 Å². The van der Waals surface area contributed by atoms with Crippen LogP contribution in [0.5, 0.6) is 0 Å². The molecule has 2 aliphatic heterocycles. The number of ether oxygens (including phenoxy) is 2. The van der Waals surface area contributed by atoms with Crippen molar-refractivity contribution < 1.29 is 35.0 Å². The van der Waals surface area contributed by atoms with E-state index >= 15 is 0 Å². The minimum atomic E-state index is -1.35. The van der Waals surface area contributed by atoms with Gasteiger partial charge in [-0.25, -0.2) is 19.6 Å². The van der Waals surface area contributed by atoms with Crippen molar-refractivity contribution in [2.75, 3.05) is 24.7 Å². The smallest absolute Gasteiger partial charge is 0.354 e. The third-order valence-electron chi connectivity index (χ3n) is 4.98. The van der Waals surface area contributed by atoms with Gasteiger partial charge in [-0.15, -0.1) is 0 Å². The summed E-state index contributed by atoms with van der Waals surface area (Å²) in [6, 6.07) is 0. The van der Waals surface area contributed by atoms with Crippen LogP contribution in [0.1, 0.15) is 18.9 Å². The van der Waals surface area contributed by atoms with Crippen LogP contribution < -0.4 is 22.8 Å². The highest BCUT2D eigenvalue weighted by molar-refractivity contribution is 5.10. The van der Waals surface area contributed by atoms with Gasteiger partial charge in [0, 0.05) is 6.42 Å². The first-order chi connectivity index (χ1) is 15.7. The van der Waals surface area contributed by atoms with Gasteiger partial charge in [-0.1, -0.05) is 0 Å². The number of rotatable bonds is 4. The SMILES string of the molecule is Nc1ncn([C@@H]2O[C@H](CO)[C@H](O)C2O)c(=O)n1.Nc1ncn([C@H]2C[C@@H](O)[C@@H](CO)O2)c(=O)n1. The van der Waals surface area contributed by atoms with Crippen molar-refractivity contribution in [2.24, 2.45) is 0 Å². The zero-order valence-corrected chi connectivity index (χ0v) is 17.0. The molecule has 17 heteroatoms. The van der Waals surface area contributed by atoms with Crippen LogP contribution in [0.2, 0.25) is 0 Å². The lowest BCUT2D eigenvalue weighted by atomic mass is 10.1. The summed E-state index contributed by atoms with van der Waals surface area (Å²) in [6.45, 7) is -0.776. The van der Waals surface area contributed by atoms with Crippen LogP contribution in [0.15, 0.2) is 22.2 Å². The van der Waals surface area contributed by atoms with Crippen LogP contribution in [0.3, 0.4) is 0 Å². The summed E-state index contributed by atoms with van der Waals surface area (Å²) in [5, 5.41) is 46.5. The number of nitrogen functional groups attached to an aromatic ring is 2. The van der Waals surface area contributed by atoms with Gasteiger partial charge >= 0.3 is 11.4 Å². The molecule has 0 saturated carbocycles. The predicted molar refractivity (Wildman–Crippen MR) is 106 cm³/mol. The van der Waals surface area contributed by atoms with Gasteiger partial charge in [0.2, 0.25) is 11.9 Å². The number of anilines is 2. The van der Waals surface area contributed by atoms with Crippen LogP contribution in [-0.2, 0) is 9.47 Å². The average Bonchev–Trinajstić information content (AvgIpc) is 3.28. The molecule has 0 bridgehead atoms. The van der Waals surface area contributed by atoms with Gasteiger partial charge in [-0.05, 0) is 0 Å². The second-order valence-electron chi connectivity index (χ2n) is 7.15. The Morgan fingerprint density at radius 3 is 1.88 bits per heavy atom. The largest absolute Gasteiger partial charge is 0.394 e. The first kappa shape index (κ1) is 24.6. The zero-order chi connectivity index (χ0) is 24.3. The maximum Gasteiger partial charge on any atom is 0.354 e. The molecule has 182 valence electrons. The minimum Gasteiger partial charge on any atom is -0.394 e. The highest BCUT2D eigenvalue weighted by Gasteiger charge is 2.43. The third-order valence-corrected chi connectivity index (χ3v) is 4.98. The molecule has 2 aromatic heterocycles. The van der Waals surface area contributed by atoms with E-state index in [-0.39, 0.29) is 24.9 Å². The summed E-state index contributed by atoms with van der Waals surface area (Å²) in [5.41, 5.74) is 9.10. The van der Waals surface area contributed by atoms with Crippen LogP contribution in [0, 0.1) is 0 Å². The Morgan fingerprint density at radius 1 is 0.879 bits per heavy atom. The third kappa shape index (κ3) is 5.30. The lowest BCUT2D eigenvalue weighted by Gasteiger charge is -2.16. The van der Waals surface area contributed by atoms with E-state index in [0.717, 1.165) is 15.5 Å². The van der Waals surface area contributed by atoms with E-state index in [1.165, 1.54) is 6.33 Å². The molecule has 0 aliphatic carbocycles. The standard InChI is InChI=1S/C8H12N4O5.C8H12N4O4/c9-7-10-2-12(8(16)11-7)6-5(15)4(14)3(1-13)17-6;9-7-10-3-12(8(15)11-7)6-1-4(14)5(2-13)16-6/h2-6,13-15H,1H2,(H2,9,11,16);3-6,13-14H,1-2H2,(H2,9,11,15)/t3-,4+,5?,6-;4-,5-,6-/m11/s1. The molecule has 0 spiro atoms. The second-order valence-corrected chi connectivity index (χ2v) is 7.15. The van der Waals surface area contributed by atoms with Crippen LogP contribution in [-0.4, -0.2) is 98.3 Å². The molecule has 33 heavy (non-hydrogen) atoms. The number of hydrogen-bond donors (Lipinski definition) is 7. The summed E-state index contributed by atoms with van der Waals surface area (Å²) in [7, 11) is 0. The molecule has 4 heterocycles. The first-order valence-electron chi connectivity index (χ1n) is 9.64. The van der Waals surface area contributed by atoms with Crippen molar-refractivity contribution in [1.29, 1.82) is 0 Å². The predicted octanol–water partition coefficient (Wildman–Crippen LogP) is -5.31. The van der Waals surface area contributed by atoms with E-state index in [1.54, 1.807) is 0 Å². The Bertz CT molecular complexity index is 1060. The molecule has 1 unspecified atom stereocenters. The maximum atomic E-state index is 11.5. The Kier molecular flexibility index (Phi) is 7.64. The highest BCUT2D eigenvalue weighted by atomic mass is 16.6. The van der Waals surface area contributed by atoms with Gasteiger partial charge in [0.05, 0.1) is 19.3 Å². The minimum absolute atomic E-state index is 0.112. The monoisotopic (exact) mass is 472 g/mol. The number of hydrogen-bond acceptors (Lipinski definition) is 15. The molecule has 17 nitrogen and oxygen atoms in total. The van der Waals surface area contributed by atoms with Gasteiger partial charge in [0.25, 0.3) is 0 Å². The topological polar surface area (TPSA) is 267 Å². The van der Waals surface area contributed by atoms with E-state index in [0.29, 0.717) is 0 Å². The van der Waals surface area contributed by atoms with E-state index in [4.69, 9.17) is 31.2 Å². The molecule has 0 amide bonds. The fraction of sp³-hybridized carbons (Fsp3) is 0.625. The van der Waals surface area contributed by atoms with Crippen molar-refractivity contribution >= 4 is 11.9 Å². The summed E-state index contributed by atoms with van der Waals surface area (Å²) in [6.07, 6.45) is -4.42. The van der Waals surface area contributed by atoms with Crippen LogP contribution in [0.25, 0.3) is 0 Å². The molecule has 2 aromatic rings. The van der Waals surface area contributed by atoms with E-state index < -0.39 is 61.0 Å². The maximum absolute atomic E-state index is 11.5. The van der Waals surface area contributed by atoms with Gasteiger partial charge in [-0.2, -0.15) is 9.97 Å². The Labute approximate surface area is 184 Å². The summed E-state index contributed by atoms with van der Waals surface area (Å²) in [4.78, 5) is 37.0. The van der Waals surface area contributed by atoms with Crippen molar-refractivity contribution in [2.45, 2.75) is 49.4 Å². The van der Waals surface area contributed by atoms with Crippen molar-refractivity contribution in [3.8, 4) is 0 Å². The van der Waals surface area contributed by atoms with E-state index in [9.17, 15) is 24.9 Å². The van der Waals surface area contributed by atoms with E-state index in [1.807, 2.05) is 0 Å². The normalized spacial score (nSPS) is 31.2. The highest BCUT2D eigenvalue weighted by Crippen LogP contribution is 2.28. The molecule has 0 aromatic carbocycles. The Balaban J connectivity index is 0.000000186. The lowest BCUT2D eigenvalue weighted by molar-refractivity contribution is -0.0554. The number of aliphatic hydroxyl groups excluding tert-OH is 5. The lowest BCUT2D eigenvalue weighted by Crippen LogP contribution is -2.36. The zero-order valence-electron chi connectivity index (χ0n) is 17.0. The summed E-state index contributed by atoms with van der Waals surface area (Å²) >= 11 is 0. The fourth-order valence-corrected chi connectivity index (χ4v) is 3.24. The van der Waals surface area contributed by atoms with Crippen molar-refractivity contribution in [3.05, 3.63) is 33.6 Å². The fourth-order valence-electron chi connectivity index (χ4n) is 3.24. The number of nitrogens with zero attached hydrogens (tertiary/aromatic N) is 6.